The van der Waals surface area contributed by atoms with Crippen LogP contribution in [0.25, 0.3) is 0 Å². The zero-order valence-electron chi connectivity index (χ0n) is 11.7. The van der Waals surface area contributed by atoms with Crippen LogP contribution in [-0.2, 0) is 32.9 Å². The van der Waals surface area contributed by atoms with Gasteiger partial charge in [-0.1, -0.05) is 26.8 Å². The molecule has 1 nitrogen and oxygen atoms in total. The van der Waals surface area contributed by atoms with Crippen molar-refractivity contribution in [3.8, 4) is 0 Å². The monoisotopic (exact) mass is 431 g/mol. The predicted octanol–water partition coefficient (Wildman–Crippen LogP) is 4.06. The summed E-state index contributed by atoms with van der Waals surface area (Å²) in [5.41, 5.74) is 3.78. The number of hydrogen-bond donors (Lipinski definition) is 0. The van der Waals surface area contributed by atoms with Crippen molar-refractivity contribution in [1.82, 2.24) is 4.98 Å². The topological polar surface area (TPSA) is 12.9 Å². The Morgan fingerprint density at radius 1 is 1.00 bits per heavy atom. The maximum atomic E-state index is 4.73. The maximum Gasteiger partial charge on any atom is 0.0429 e. The van der Waals surface area contributed by atoms with Crippen molar-refractivity contribution in [1.29, 1.82) is 0 Å². The summed E-state index contributed by atoms with van der Waals surface area (Å²) in [5.74, 6) is 0. The first-order chi connectivity index (χ1) is 8.53. The molecule has 2 heteroatoms. The number of rotatable bonds is 3. The van der Waals surface area contributed by atoms with Gasteiger partial charge in [0.15, 0.2) is 0 Å². The van der Waals surface area contributed by atoms with Gasteiger partial charge in [0.1, 0.15) is 0 Å². The second kappa shape index (κ2) is 6.98. The molecule has 2 rings (SSSR count). The Bertz CT molecular complexity index is 500. The minimum atomic E-state index is 0. The fourth-order valence-electron chi connectivity index (χ4n) is 2.01. The van der Waals surface area contributed by atoms with Crippen LogP contribution in [0.15, 0.2) is 42.5 Å². The van der Waals surface area contributed by atoms with Gasteiger partial charge in [0.25, 0.3) is 0 Å². The molecule has 1 radical (unpaired) electrons. The quantitative estimate of drug-likeness (QED) is 0.670. The molecule has 0 unspecified atom stereocenters. The minimum Gasteiger partial charge on any atom is -0.258 e. The Morgan fingerprint density at radius 2 is 1.74 bits per heavy atom. The second-order valence-corrected chi connectivity index (χ2v) is 5.92. The van der Waals surface area contributed by atoms with E-state index in [0.717, 1.165) is 18.5 Å². The number of nitrogens with zero attached hydrogens (tertiary/aromatic N) is 1. The largest absolute Gasteiger partial charge is 0.258 e. The molecule has 0 saturated carbocycles. The summed E-state index contributed by atoms with van der Waals surface area (Å²) in [6, 6.07) is 17.6. The molecule has 1 aromatic carbocycles. The van der Waals surface area contributed by atoms with E-state index >= 15 is 0 Å². The average Bonchev–Trinajstić information content (AvgIpc) is 2.28. The molecule has 1 aromatic heterocycles. The third-order valence-electron chi connectivity index (χ3n) is 2.72. The standard InChI is InChI=1S/C17H20N.Ir/c1-17(2,3)13-16-11-7-10-15(18-16)12-14-8-5-4-6-9-14;/h4-8,10-11H,12-13H2,1-3H3;/q-1;. The summed E-state index contributed by atoms with van der Waals surface area (Å²) in [6.45, 7) is 6.73. The van der Waals surface area contributed by atoms with Gasteiger partial charge in [-0.3, -0.25) is 4.98 Å². The van der Waals surface area contributed by atoms with E-state index in [4.69, 9.17) is 4.98 Å². The molecule has 0 N–H and O–H groups in total. The van der Waals surface area contributed by atoms with E-state index in [-0.39, 0.29) is 25.5 Å². The van der Waals surface area contributed by atoms with Crippen molar-refractivity contribution in [3.63, 3.8) is 0 Å². The fraction of sp³-hybridized carbons (Fsp3) is 0.353. The van der Waals surface area contributed by atoms with E-state index in [1.54, 1.807) is 0 Å². The molecule has 0 amide bonds. The predicted molar refractivity (Wildman–Crippen MR) is 75.5 cm³/mol. The SMILES string of the molecule is CC(C)(C)Cc1cccc(Cc2[c-]cccc2)n1.[Ir]. The number of pyridine rings is 1. The fourth-order valence-corrected chi connectivity index (χ4v) is 2.01. The molecule has 2 aromatic rings. The first-order valence-corrected chi connectivity index (χ1v) is 6.43. The van der Waals surface area contributed by atoms with E-state index in [1.165, 1.54) is 11.3 Å². The molecular weight excluding hydrogens is 410 g/mol. The molecule has 0 atom stereocenters. The Labute approximate surface area is 129 Å². The van der Waals surface area contributed by atoms with Crippen LogP contribution >= 0.6 is 0 Å². The van der Waals surface area contributed by atoms with E-state index < -0.39 is 0 Å². The molecule has 103 valence electrons. The Hall–Kier alpha value is -0.981. The minimum absolute atomic E-state index is 0. The molecule has 19 heavy (non-hydrogen) atoms. The van der Waals surface area contributed by atoms with Crippen LogP contribution < -0.4 is 0 Å². The van der Waals surface area contributed by atoms with Gasteiger partial charge in [0.05, 0.1) is 0 Å². The van der Waals surface area contributed by atoms with Gasteiger partial charge in [-0.05, 0) is 30.4 Å². The summed E-state index contributed by atoms with van der Waals surface area (Å²) < 4.78 is 0. The number of benzene rings is 1. The summed E-state index contributed by atoms with van der Waals surface area (Å²) in [7, 11) is 0. The van der Waals surface area contributed by atoms with Crippen molar-refractivity contribution < 1.29 is 20.1 Å². The normalized spacial score (nSPS) is 10.9. The van der Waals surface area contributed by atoms with Gasteiger partial charge in [0, 0.05) is 31.5 Å². The summed E-state index contributed by atoms with van der Waals surface area (Å²) >= 11 is 0. The van der Waals surface area contributed by atoms with Gasteiger partial charge in [0.2, 0.25) is 0 Å². The van der Waals surface area contributed by atoms with Crippen LogP contribution in [0.3, 0.4) is 0 Å². The van der Waals surface area contributed by atoms with Gasteiger partial charge in [-0.25, -0.2) is 0 Å². The van der Waals surface area contributed by atoms with Crippen LogP contribution in [0.2, 0.25) is 0 Å². The Balaban J connectivity index is 0.00000180. The van der Waals surface area contributed by atoms with Crippen LogP contribution in [0.5, 0.6) is 0 Å². The Kier molecular flexibility index (Phi) is 5.90. The molecule has 0 aliphatic heterocycles. The first kappa shape index (κ1) is 16.1. The molecule has 0 aliphatic carbocycles. The third kappa shape index (κ3) is 5.67. The summed E-state index contributed by atoms with van der Waals surface area (Å²) in [4.78, 5) is 4.73. The zero-order valence-corrected chi connectivity index (χ0v) is 14.1. The van der Waals surface area contributed by atoms with Crippen molar-refractivity contribution in [2.75, 3.05) is 0 Å². The molecular formula is C17H20IrN-. The van der Waals surface area contributed by atoms with Crippen LogP contribution in [0.4, 0.5) is 0 Å². The number of hydrogen-bond acceptors (Lipinski definition) is 1. The van der Waals surface area contributed by atoms with Crippen molar-refractivity contribution >= 4 is 0 Å². The molecule has 0 aliphatic rings. The van der Waals surface area contributed by atoms with Crippen LogP contribution in [0, 0.1) is 11.5 Å². The van der Waals surface area contributed by atoms with Gasteiger partial charge < -0.3 is 0 Å². The van der Waals surface area contributed by atoms with Crippen molar-refractivity contribution in [3.05, 3.63) is 65.5 Å². The van der Waals surface area contributed by atoms with E-state index in [2.05, 4.69) is 51.1 Å². The van der Waals surface area contributed by atoms with E-state index in [1.807, 2.05) is 18.2 Å². The Morgan fingerprint density at radius 3 is 2.37 bits per heavy atom. The smallest absolute Gasteiger partial charge is 0.0429 e. The van der Waals surface area contributed by atoms with Gasteiger partial charge in [-0.15, -0.1) is 0 Å². The van der Waals surface area contributed by atoms with E-state index in [0.29, 0.717) is 0 Å². The number of aromatic nitrogens is 1. The zero-order chi connectivity index (χ0) is 13.0. The van der Waals surface area contributed by atoms with Crippen LogP contribution in [-0.4, -0.2) is 4.98 Å². The first-order valence-electron chi connectivity index (χ1n) is 6.43. The van der Waals surface area contributed by atoms with E-state index in [9.17, 15) is 0 Å². The average molecular weight is 431 g/mol. The third-order valence-corrected chi connectivity index (χ3v) is 2.72. The molecule has 0 saturated heterocycles. The summed E-state index contributed by atoms with van der Waals surface area (Å²) in [6.07, 6.45) is 1.87. The molecule has 0 fully saturated rings. The summed E-state index contributed by atoms with van der Waals surface area (Å²) in [5, 5.41) is 0. The molecule has 0 spiro atoms. The second-order valence-electron chi connectivity index (χ2n) is 5.92. The van der Waals surface area contributed by atoms with Crippen LogP contribution in [0.1, 0.15) is 37.7 Å². The van der Waals surface area contributed by atoms with Gasteiger partial charge in [-0.2, -0.15) is 35.9 Å². The molecule has 1 heterocycles. The van der Waals surface area contributed by atoms with Crippen molar-refractivity contribution in [2.45, 2.75) is 33.6 Å². The maximum absolute atomic E-state index is 4.73. The molecule has 0 bridgehead atoms. The van der Waals surface area contributed by atoms with Crippen molar-refractivity contribution in [2.24, 2.45) is 5.41 Å². The van der Waals surface area contributed by atoms with Gasteiger partial charge >= 0.3 is 0 Å².